The van der Waals surface area contributed by atoms with E-state index in [0.717, 1.165) is 49.2 Å². The van der Waals surface area contributed by atoms with Gasteiger partial charge in [-0.1, -0.05) is 6.07 Å². The van der Waals surface area contributed by atoms with Gasteiger partial charge >= 0.3 is 0 Å². The van der Waals surface area contributed by atoms with Crippen molar-refractivity contribution >= 4 is 21.6 Å². The molecule has 0 aliphatic carbocycles. The standard InChI is InChI=1S/C14H21BrN2O/c1-2-18-12-5-7-17(8-6-12)10-11-3-4-14(16)13(15)9-11/h3-4,9,12H,2,5-8,10,16H2,1H3. The fourth-order valence-corrected chi connectivity index (χ4v) is 2.82. The van der Waals surface area contributed by atoms with Crippen LogP contribution in [0.1, 0.15) is 25.3 Å². The van der Waals surface area contributed by atoms with Gasteiger partial charge in [0, 0.05) is 36.4 Å². The van der Waals surface area contributed by atoms with Gasteiger partial charge in [-0.2, -0.15) is 0 Å². The van der Waals surface area contributed by atoms with Gasteiger partial charge in [-0.05, 0) is 53.4 Å². The SMILES string of the molecule is CCOC1CCN(Cc2ccc(N)c(Br)c2)CC1. The molecule has 0 bridgehead atoms. The molecule has 1 aliphatic rings. The molecule has 0 spiro atoms. The Morgan fingerprint density at radius 1 is 1.39 bits per heavy atom. The summed E-state index contributed by atoms with van der Waals surface area (Å²) in [6.07, 6.45) is 2.75. The first-order valence-electron chi connectivity index (χ1n) is 6.57. The minimum Gasteiger partial charge on any atom is -0.398 e. The smallest absolute Gasteiger partial charge is 0.0599 e. The number of anilines is 1. The lowest BCUT2D eigenvalue weighted by Crippen LogP contribution is -2.36. The van der Waals surface area contributed by atoms with Crippen molar-refractivity contribution in [3.8, 4) is 0 Å². The van der Waals surface area contributed by atoms with Gasteiger partial charge in [-0.25, -0.2) is 0 Å². The van der Waals surface area contributed by atoms with E-state index in [0.29, 0.717) is 6.10 Å². The summed E-state index contributed by atoms with van der Waals surface area (Å²) in [5.41, 5.74) is 7.91. The summed E-state index contributed by atoms with van der Waals surface area (Å²) in [7, 11) is 0. The van der Waals surface area contributed by atoms with Gasteiger partial charge in [-0.15, -0.1) is 0 Å². The third-order valence-electron chi connectivity index (χ3n) is 3.41. The minimum absolute atomic E-state index is 0.462. The number of halogens is 1. The summed E-state index contributed by atoms with van der Waals surface area (Å²) in [4.78, 5) is 2.48. The lowest BCUT2D eigenvalue weighted by atomic mass is 10.1. The predicted molar refractivity (Wildman–Crippen MR) is 78.5 cm³/mol. The van der Waals surface area contributed by atoms with Crippen LogP contribution >= 0.6 is 15.9 Å². The van der Waals surface area contributed by atoms with Gasteiger partial charge in [-0.3, -0.25) is 4.90 Å². The highest BCUT2D eigenvalue weighted by molar-refractivity contribution is 9.10. The van der Waals surface area contributed by atoms with Crippen LogP contribution < -0.4 is 5.73 Å². The third-order valence-corrected chi connectivity index (χ3v) is 4.09. The number of piperidine rings is 1. The van der Waals surface area contributed by atoms with Crippen molar-refractivity contribution in [1.29, 1.82) is 0 Å². The van der Waals surface area contributed by atoms with Gasteiger partial charge < -0.3 is 10.5 Å². The largest absolute Gasteiger partial charge is 0.398 e. The van der Waals surface area contributed by atoms with E-state index >= 15 is 0 Å². The minimum atomic E-state index is 0.462. The predicted octanol–water partition coefficient (Wildman–Crippen LogP) is 3.03. The summed E-state index contributed by atoms with van der Waals surface area (Å²) in [6, 6.07) is 6.19. The van der Waals surface area contributed by atoms with E-state index in [9.17, 15) is 0 Å². The average molecular weight is 313 g/mol. The normalized spacial score (nSPS) is 18.1. The molecule has 0 unspecified atom stereocenters. The summed E-state index contributed by atoms with van der Waals surface area (Å²) >= 11 is 3.48. The van der Waals surface area contributed by atoms with E-state index in [2.05, 4.69) is 39.9 Å². The van der Waals surface area contributed by atoms with Crippen LogP contribution in [0.15, 0.2) is 22.7 Å². The van der Waals surface area contributed by atoms with Gasteiger partial charge in [0.2, 0.25) is 0 Å². The van der Waals surface area contributed by atoms with Crippen LogP contribution in [-0.4, -0.2) is 30.7 Å². The van der Waals surface area contributed by atoms with Crippen LogP contribution in [0, 0.1) is 0 Å². The van der Waals surface area contributed by atoms with E-state index in [4.69, 9.17) is 10.5 Å². The number of nitrogens with zero attached hydrogens (tertiary/aromatic N) is 1. The number of nitrogens with two attached hydrogens (primary N) is 1. The number of ether oxygens (including phenoxy) is 1. The van der Waals surface area contributed by atoms with Crippen LogP contribution in [0.3, 0.4) is 0 Å². The molecule has 18 heavy (non-hydrogen) atoms. The highest BCUT2D eigenvalue weighted by atomic mass is 79.9. The fourth-order valence-electron chi connectivity index (χ4n) is 2.40. The zero-order valence-corrected chi connectivity index (χ0v) is 12.4. The summed E-state index contributed by atoms with van der Waals surface area (Å²) in [5, 5.41) is 0. The van der Waals surface area contributed by atoms with Crippen LogP contribution in [-0.2, 0) is 11.3 Å². The summed E-state index contributed by atoms with van der Waals surface area (Å²) in [5.74, 6) is 0. The molecule has 2 N–H and O–H groups in total. The zero-order chi connectivity index (χ0) is 13.0. The Hall–Kier alpha value is -0.580. The van der Waals surface area contributed by atoms with Gasteiger partial charge in [0.1, 0.15) is 0 Å². The quantitative estimate of drug-likeness (QED) is 0.869. The first-order valence-corrected chi connectivity index (χ1v) is 7.36. The Kier molecular flexibility index (Phi) is 5.03. The van der Waals surface area contributed by atoms with E-state index in [1.54, 1.807) is 0 Å². The molecule has 1 aromatic carbocycles. The number of rotatable bonds is 4. The molecule has 4 heteroatoms. The topological polar surface area (TPSA) is 38.5 Å². The second kappa shape index (κ2) is 6.55. The maximum absolute atomic E-state index is 5.80. The average Bonchev–Trinajstić information content (AvgIpc) is 2.37. The van der Waals surface area contributed by atoms with Gasteiger partial charge in [0.15, 0.2) is 0 Å². The van der Waals surface area contributed by atoms with Crippen molar-refractivity contribution in [2.24, 2.45) is 0 Å². The number of benzene rings is 1. The van der Waals surface area contributed by atoms with E-state index in [1.165, 1.54) is 5.56 Å². The maximum Gasteiger partial charge on any atom is 0.0599 e. The van der Waals surface area contributed by atoms with Crippen molar-refractivity contribution in [2.75, 3.05) is 25.4 Å². The van der Waals surface area contributed by atoms with Crippen LogP contribution in [0.25, 0.3) is 0 Å². The molecule has 3 nitrogen and oxygen atoms in total. The third kappa shape index (κ3) is 3.70. The molecule has 0 amide bonds. The molecule has 1 aliphatic heterocycles. The van der Waals surface area contributed by atoms with Crippen LogP contribution in [0.5, 0.6) is 0 Å². The molecule has 1 aromatic rings. The zero-order valence-electron chi connectivity index (χ0n) is 10.9. The maximum atomic E-state index is 5.80. The molecule has 0 radical (unpaired) electrons. The summed E-state index contributed by atoms with van der Waals surface area (Å²) in [6.45, 7) is 6.13. The van der Waals surface area contributed by atoms with E-state index in [-0.39, 0.29) is 0 Å². The highest BCUT2D eigenvalue weighted by Gasteiger charge is 2.19. The van der Waals surface area contributed by atoms with Crippen LogP contribution in [0.4, 0.5) is 5.69 Å². The lowest BCUT2D eigenvalue weighted by molar-refractivity contribution is 0.0125. The molecule has 1 saturated heterocycles. The first kappa shape index (κ1) is 13.8. The summed E-state index contributed by atoms with van der Waals surface area (Å²) < 4.78 is 6.66. The highest BCUT2D eigenvalue weighted by Crippen LogP contribution is 2.22. The van der Waals surface area contributed by atoms with Crippen molar-refractivity contribution in [3.63, 3.8) is 0 Å². The Balaban J connectivity index is 1.85. The van der Waals surface area contributed by atoms with Gasteiger partial charge in [0.05, 0.1) is 6.10 Å². The number of hydrogen-bond acceptors (Lipinski definition) is 3. The number of likely N-dealkylation sites (tertiary alicyclic amines) is 1. The fraction of sp³-hybridized carbons (Fsp3) is 0.571. The van der Waals surface area contributed by atoms with E-state index in [1.807, 2.05) is 6.07 Å². The number of nitrogen functional groups attached to an aromatic ring is 1. The molecule has 2 rings (SSSR count). The van der Waals surface area contributed by atoms with Crippen molar-refractivity contribution in [2.45, 2.75) is 32.4 Å². The van der Waals surface area contributed by atoms with Crippen molar-refractivity contribution < 1.29 is 4.74 Å². The number of hydrogen-bond donors (Lipinski definition) is 1. The Labute approximate surface area is 117 Å². The second-order valence-corrected chi connectivity index (χ2v) is 5.64. The Morgan fingerprint density at radius 3 is 2.72 bits per heavy atom. The molecule has 100 valence electrons. The Bertz CT molecular complexity index is 389. The lowest BCUT2D eigenvalue weighted by Gasteiger charge is -2.31. The molecular weight excluding hydrogens is 292 g/mol. The van der Waals surface area contributed by atoms with Gasteiger partial charge in [0.25, 0.3) is 0 Å². The molecule has 1 heterocycles. The first-order chi connectivity index (χ1) is 8.69. The van der Waals surface area contributed by atoms with E-state index < -0.39 is 0 Å². The Morgan fingerprint density at radius 2 is 2.11 bits per heavy atom. The monoisotopic (exact) mass is 312 g/mol. The van der Waals surface area contributed by atoms with Crippen LogP contribution in [0.2, 0.25) is 0 Å². The molecular formula is C14H21BrN2O. The molecule has 0 atom stereocenters. The van der Waals surface area contributed by atoms with Crippen molar-refractivity contribution in [1.82, 2.24) is 4.90 Å². The molecule has 0 aromatic heterocycles. The molecule has 1 fully saturated rings. The second-order valence-electron chi connectivity index (χ2n) is 4.79. The molecule has 0 saturated carbocycles. The van der Waals surface area contributed by atoms with Crippen molar-refractivity contribution in [3.05, 3.63) is 28.2 Å².